The molecule has 0 unspecified atom stereocenters. The molecule has 0 spiro atoms. The second kappa shape index (κ2) is 8.04. The lowest BCUT2D eigenvalue weighted by atomic mass is 9.96. The highest BCUT2D eigenvalue weighted by molar-refractivity contribution is 5.77. The predicted molar refractivity (Wildman–Crippen MR) is 72.0 cm³/mol. The SMILES string of the molecule is CCOC(=O)[C@H](N=C=NC1CCCCC1)C(C)C. The van der Waals surface area contributed by atoms with E-state index in [1.165, 1.54) is 19.3 Å². The standard InChI is InChI=1S/C14H24N2O2/c1-4-18-14(17)13(11(2)3)16-10-15-12-8-6-5-7-9-12/h11-13H,4-9H2,1-3H3/t13-/m1/s1. The van der Waals surface area contributed by atoms with Crippen molar-refractivity contribution in [2.24, 2.45) is 15.9 Å². The van der Waals surface area contributed by atoms with Gasteiger partial charge in [-0.25, -0.2) is 14.8 Å². The van der Waals surface area contributed by atoms with Crippen molar-refractivity contribution in [2.75, 3.05) is 6.61 Å². The molecule has 1 atom stereocenters. The number of carbonyl (C=O) groups is 1. The highest BCUT2D eigenvalue weighted by atomic mass is 16.5. The van der Waals surface area contributed by atoms with Gasteiger partial charge in [0.1, 0.15) is 0 Å². The minimum absolute atomic E-state index is 0.109. The number of esters is 1. The monoisotopic (exact) mass is 252 g/mol. The Kier molecular flexibility index (Phi) is 6.66. The maximum Gasteiger partial charge on any atom is 0.332 e. The van der Waals surface area contributed by atoms with Crippen molar-refractivity contribution < 1.29 is 9.53 Å². The quantitative estimate of drug-likeness (QED) is 0.557. The zero-order chi connectivity index (χ0) is 13.4. The predicted octanol–water partition coefficient (Wildman–Crippen LogP) is 3.08. The summed E-state index contributed by atoms with van der Waals surface area (Å²) in [5.74, 6) is -0.169. The van der Waals surface area contributed by atoms with E-state index < -0.39 is 6.04 Å². The molecule has 4 nitrogen and oxygen atoms in total. The molecule has 0 bridgehead atoms. The van der Waals surface area contributed by atoms with Gasteiger partial charge in [-0.15, -0.1) is 0 Å². The van der Waals surface area contributed by atoms with Crippen LogP contribution in [0, 0.1) is 5.92 Å². The summed E-state index contributed by atoms with van der Waals surface area (Å²) < 4.78 is 4.99. The molecule has 0 saturated heterocycles. The molecule has 0 aromatic carbocycles. The third-order valence-corrected chi connectivity index (χ3v) is 3.17. The van der Waals surface area contributed by atoms with Crippen LogP contribution in [0.3, 0.4) is 0 Å². The Balaban J connectivity index is 2.58. The van der Waals surface area contributed by atoms with Gasteiger partial charge in [-0.1, -0.05) is 33.1 Å². The Morgan fingerprint density at radius 1 is 1.33 bits per heavy atom. The highest BCUT2D eigenvalue weighted by Gasteiger charge is 2.22. The van der Waals surface area contributed by atoms with Crippen molar-refractivity contribution in [2.45, 2.75) is 65.0 Å². The molecular formula is C14H24N2O2. The highest BCUT2D eigenvalue weighted by Crippen LogP contribution is 2.19. The Morgan fingerprint density at radius 3 is 2.56 bits per heavy atom. The smallest absolute Gasteiger partial charge is 0.332 e. The zero-order valence-corrected chi connectivity index (χ0v) is 11.7. The van der Waals surface area contributed by atoms with Crippen molar-refractivity contribution in [1.82, 2.24) is 0 Å². The molecule has 1 saturated carbocycles. The first-order valence-corrected chi connectivity index (χ1v) is 6.96. The maximum absolute atomic E-state index is 11.7. The van der Waals surface area contributed by atoms with Gasteiger partial charge in [-0.3, -0.25) is 0 Å². The van der Waals surface area contributed by atoms with Crippen molar-refractivity contribution in [1.29, 1.82) is 0 Å². The first-order valence-electron chi connectivity index (χ1n) is 6.96. The summed E-state index contributed by atoms with van der Waals surface area (Å²) in [7, 11) is 0. The summed E-state index contributed by atoms with van der Waals surface area (Å²) in [5, 5.41) is 0. The molecule has 1 aliphatic carbocycles. The van der Waals surface area contributed by atoms with Crippen LogP contribution in [0.25, 0.3) is 0 Å². The largest absolute Gasteiger partial charge is 0.464 e. The lowest BCUT2D eigenvalue weighted by Crippen LogP contribution is -2.26. The number of aliphatic imine (C=N–C) groups is 2. The Bertz CT molecular complexity index is 314. The molecule has 1 aliphatic rings. The fourth-order valence-electron chi connectivity index (χ4n) is 2.09. The number of carbonyl (C=O) groups excluding carboxylic acids is 1. The van der Waals surface area contributed by atoms with Crippen LogP contribution in [0.1, 0.15) is 52.9 Å². The van der Waals surface area contributed by atoms with Crippen molar-refractivity contribution in [3.63, 3.8) is 0 Å². The fourth-order valence-corrected chi connectivity index (χ4v) is 2.09. The topological polar surface area (TPSA) is 51.0 Å². The number of ether oxygens (including phenoxy) is 1. The molecule has 4 heteroatoms. The average Bonchev–Trinajstić information content (AvgIpc) is 2.35. The lowest BCUT2D eigenvalue weighted by Gasteiger charge is -2.16. The average molecular weight is 252 g/mol. The summed E-state index contributed by atoms with van der Waals surface area (Å²) in [6.45, 7) is 6.09. The van der Waals surface area contributed by atoms with Crippen molar-refractivity contribution in [3.8, 4) is 0 Å². The first kappa shape index (κ1) is 14.9. The second-order valence-electron chi connectivity index (χ2n) is 5.09. The molecule has 0 N–H and O–H groups in total. The summed E-state index contributed by atoms with van der Waals surface area (Å²) in [6.07, 6.45) is 6.02. The molecule has 0 aromatic heterocycles. The van der Waals surface area contributed by atoms with E-state index >= 15 is 0 Å². The van der Waals surface area contributed by atoms with Gasteiger partial charge in [0.15, 0.2) is 6.04 Å². The third kappa shape index (κ3) is 5.01. The molecule has 0 heterocycles. The van der Waals surface area contributed by atoms with E-state index in [-0.39, 0.29) is 11.9 Å². The van der Waals surface area contributed by atoms with E-state index in [1.54, 1.807) is 6.92 Å². The summed E-state index contributed by atoms with van der Waals surface area (Å²) in [4.78, 5) is 20.1. The molecule has 18 heavy (non-hydrogen) atoms. The minimum Gasteiger partial charge on any atom is -0.464 e. The van der Waals surface area contributed by atoms with Crippen molar-refractivity contribution in [3.05, 3.63) is 0 Å². The molecule has 102 valence electrons. The fraction of sp³-hybridized carbons (Fsp3) is 0.857. The number of hydrogen-bond acceptors (Lipinski definition) is 4. The maximum atomic E-state index is 11.7. The molecular weight excluding hydrogens is 228 g/mol. The van der Waals surface area contributed by atoms with Crippen LogP contribution >= 0.6 is 0 Å². The Hall–Kier alpha value is -1.15. The van der Waals surface area contributed by atoms with Gasteiger partial charge in [0.2, 0.25) is 0 Å². The molecule has 1 rings (SSSR count). The van der Waals surface area contributed by atoms with E-state index in [9.17, 15) is 4.79 Å². The molecule has 0 aromatic rings. The summed E-state index contributed by atoms with van der Waals surface area (Å²) >= 11 is 0. The van der Waals surface area contributed by atoms with E-state index in [0.29, 0.717) is 12.6 Å². The second-order valence-corrected chi connectivity index (χ2v) is 5.09. The molecule has 0 radical (unpaired) electrons. The van der Waals surface area contributed by atoms with Gasteiger partial charge in [-0.2, -0.15) is 0 Å². The van der Waals surface area contributed by atoms with Gasteiger partial charge in [0.05, 0.1) is 18.7 Å². The van der Waals surface area contributed by atoms with Crippen LogP contribution in [0.5, 0.6) is 0 Å². The Morgan fingerprint density at radius 2 is 2.00 bits per heavy atom. The molecule has 0 amide bonds. The minimum atomic E-state index is -0.475. The Labute approximate surface area is 110 Å². The van der Waals surface area contributed by atoms with E-state index in [1.807, 2.05) is 13.8 Å². The van der Waals surface area contributed by atoms with Crippen molar-refractivity contribution >= 4 is 12.0 Å². The third-order valence-electron chi connectivity index (χ3n) is 3.17. The normalized spacial score (nSPS) is 18.0. The van der Waals surface area contributed by atoms with Gasteiger partial charge < -0.3 is 4.74 Å². The molecule has 1 fully saturated rings. The van der Waals surface area contributed by atoms with Crippen LogP contribution in [0.2, 0.25) is 0 Å². The van der Waals surface area contributed by atoms with E-state index in [2.05, 4.69) is 16.0 Å². The van der Waals surface area contributed by atoms with Crippen LogP contribution in [0.4, 0.5) is 0 Å². The number of rotatable bonds is 5. The zero-order valence-electron chi connectivity index (χ0n) is 11.7. The molecule has 0 aliphatic heterocycles. The number of hydrogen-bond donors (Lipinski definition) is 0. The van der Waals surface area contributed by atoms with E-state index in [4.69, 9.17) is 4.74 Å². The van der Waals surface area contributed by atoms with Gasteiger partial charge in [0.25, 0.3) is 0 Å². The van der Waals surface area contributed by atoms with Gasteiger partial charge in [-0.05, 0) is 25.7 Å². The van der Waals surface area contributed by atoms with Gasteiger partial charge in [0, 0.05) is 0 Å². The summed E-state index contributed by atoms with van der Waals surface area (Å²) in [5.41, 5.74) is 0. The van der Waals surface area contributed by atoms with E-state index in [0.717, 1.165) is 12.8 Å². The number of nitrogens with zero attached hydrogens (tertiary/aromatic N) is 2. The van der Waals surface area contributed by atoms with Crippen LogP contribution in [-0.2, 0) is 9.53 Å². The van der Waals surface area contributed by atoms with Crippen LogP contribution in [-0.4, -0.2) is 30.7 Å². The summed E-state index contributed by atoms with van der Waals surface area (Å²) in [6, 6.07) is 2.60. The lowest BCUT2D eigenvalue weighted by molar-refractivity contribution is -0.145. The van der Waals surface area contributed by atoms with Gasteiger partial charge >= 0.3 is 5.97 Å². The van der Waals surface area contributed by atoms with Crippen LogP contribution in [0.15, 0.2) is 9.98 Å². The first-order chi connectivity index (χ1) is 8.65. The van der Waals surface area contributed by atoms with Crippen LogP contribution < -0.4 is 0 Å².